The molecule has 2 heterocycles. The van der Waals surface area contributed by atoms with Crippen LogP contribution in [-0.2, 0) is 9.84 Å². The van der Waals surface area contributed by atoms with Gasteiger partial charge in [-0.15, -0.1) is 0 Å². The number of rotatable bonds is 3. The largest absolute Gasteiger partial charge is 0.329 e. The molecule has 0 aliphatic carbocycles. The minimum atomic E-state index is -2.90. The molecule has 1 unspecified atom stereocenters. The van der Waals surface area contributed by atoms with E-state index in [4.69, 9.17) is 5.73 Å². The van der Waals surface area contributed by atoms with Gasteiger partial charge < -0.3 is 10.3 Å². The van der Waals surface area contributed by atoms with Gasteiger partial charge in [0.05, 0.1) is 23.5 Å². The molecule has 1 fully saturated rings. The Hall–Kier alpha value is -0.880. The van der Waals surface area contributed by atoms with Gasteiger partial charge in [-0.05, 0) is 19.3 Å². The van der Waals surface area contributed by atoms with Gasteiger partial charge in [0.15, 0.2) is 9.84 Å². The minimum Gasteiger partial charge on any atom is -0.329 e. The molecule has 2 N–H and O–H groups in total. The van der Waals surface area contributed by atoms with Crippen LogP contribution in [0.25, 0.3) is 0 Å². The van der Waals surface area contributed by atoms with E-state index < -0.39 is 9.84 Å². The maximum absolute atomic E-state index is 11.6. The standard InChI is InChI=1S/C11H19N3O2S/c1-2-10(12)11-6-13-8-14(11)9-4-3-5-17(15,16)7-9/h6,8-10H,2-5,7,12H2,1H3/t9?,10-/m1/s1. The van der Waals surface area contributed by atoms with Crippen molar-refractivity contribution in [3.05, 3.63) is 18.2 Å². The molecule has 1 aliphatic rings. The van der Waals surface area contributed by atoms with E-state index in [9.17, 15) is 8.42 Å². The number of hydrogen-bond donors (Lipinski definition) is 1. The summed E-state index contributed by atoms with van der Waals surface area (Å²) in [6.07, 6.45) is 5.89. The molecular weight excluding hydrogens is 238 g/mol. The number of sulfone groups is 1. The van der Waals surface area contributed by atoms with Crippen molar-refractivity contribution >= 4 is 9.84 Å². The van der Waals surface area contributed by atoms with Gasteiger partial charge in [-0.3, -0.25) is 0 Å². The Bertz CT molecular complexity index is 481. The highest BCUT2D eigenvalue weighted by molar-refractivity contribution is 7.91. The summed E-state index contributed by atoms with van der Waals surface area (Å²) in [7, 11) is -2.90. The molecular formula is C11H19N3O2S. The lowest BCUT2D eigenvalue weighted by Crippen LogP contribution is -2.29. The summed E-state index contributed by atoms with van der Waals surface area (Å²) in [4.78, 5) is 4.10. The summed E-state index contributed by atoms with van der Waals surface area (Å²) in [5.41, 5.74) is 6.94. The molecule has 17 heavy (non-hydrogen) atoms. The Morgan fingerprint density at radius 1 is 1.65 bits per heavy atom. The first kappa shape index (κ1) is 12.6. The maximum atomic E-state index is 11.6. The predicted octanol–water partition coefficient (Wildman–Crippen LogP) is 1.04. The molecule has 1 aromatic rings. The van der Waals surface area contributed by atoms with Crippen molar-refractivity contribution < 1.29 is 8.42 Å². The van der Waals surface area contributed by atoms with Crippen LogP contribution in [0.1, 0.15) is 44.0 Å². The molecule has 1 aliphatic heterocycles. The van der Waals surface area contributed by atoms with Gasteiger partial charge in [0.25, 0.3) is 0 Å². The van der Waals surface area contributed by atoms with Crippen molar-refractivity contribution in [1.82, 2.24) is 9.55 Å². The van der Waals surface area contributed by atoms with Crippen molar-refractivity contribution in [2.75, 3.05) is 11.5 Å². The first-order valence-electron chi connectivity index (χ1n) is 6.01. The zero-order valence-corrected chi connectivity index (χ0v) is 10.9. The lowest BCUT2D eigenvalue weighted by Gasteiger charge is -2.26. The average molecular weight is 257 g/mol. The summed E-state index contributed by atoms with van der Waals surface area (Å²) in [5, 5.41) is 0. The zero-order chi connectivity index (χ0) is 12.5. The van der Waals surface area contributed by atoms with E-state index in [0.717, 1.165) is 25.0 Å². The SMILES string of the molecule is CC[C@@H](N)c1cncn1C1CCCS(=O)(=O)C1. The van der Waals surface area contributed by atoms with Crippen molar-refractivity contribution in [2.24, 2.45) is 5.73 Å². The monoisotopic (exact) mass is 257 g/mol. The molecule has 0 spiro atoms. The lowest BCUT2D eigenvalue weighted by molar-refractivity contribution is 0.447. The van der Waals surface area contributed by atoms with E-state index in [-0.39, 0.29) is 17.8 Å². The Morgan fingerprint density at radius 3 is 3.06 bits per heavy atom. The van der Waals surface area contributed by atoms with Crippen LogP contribution in [0.3, 0.4) is 0 Å². The second-order valence-corrected chi connectivity index (χ2v) is 6.88. The average Bonchev–Trinajstić information content (AvgIpc) is 2.75. The molecule has 0 radical (unpaired) electrons. The smallest absolute Gasteiger partial charge is 0.152 e. The van der Waals surface area contributed by atoms with Crippen molar-refractivity contribution in [3.63, 3.8) is 0 Å². The van der Waals surface area contributed by atoms with E-state index in [1.54, 1.807) is 12.5 Å². The van der Waals surface area contributed by atoms with Crippen LogP contribution < -0.4 is 5.73 Å². The number of aromatic nitrogens is 2. The number of imidazole rings is 1. The molecule has 0 bridgehead atoms. The maximum Gasteiger partial charge on any atom is 0.152 e. The molecule has 2 rings (SSSR count). The third kappa shape index (κ3) is 2.69. The van der Waals surface area contributed by atoms with Crippen LogP contribution in [0.4, 0.5) is 0 Å². The Kier molecular flexibility index (Phi) is 3.53. The van der Waals surface area contributed by atoms with Gasteiger partial charge in [-0.25, -0.2) is 13.4 Å². The molecule has 6 heteroatoms. The van der Waals surface area contributed by atoms with Crippen LogP contribution in [0.15, 0.2) is 12.5 Å². The van der Waals surface area contributed by atoms with Gasteiger partial charge in [-0.2, -0.15) is 0 Å². The second kappa shape index (κ2) is 4.78. The van der Waals surface area contributed by atoms with Crippen LogP contribution in [-0.4, -0.2) is 29.5 Å². The summed E-state index contributed by atoms with van der Waals surface area (Å²) in [6.45, 7) is 2.01. The van der Waals surface area contributed by atoms with Crippen LogP contribution in [0, 0.1) is 0 Å². The first-order valence-corrected chi connectivity index (χ1v) is 7.83. The van der Waals surface area contributed by atoms with Gasteiger partial charge in [0.1, 0.15) is 0 Å². The Balaban J connectivity index is 2.25. The molecule has 0 amide bonds. The molecule has 2 atom stereocenters. The summed E-state index contributed by atoms with van der Waals surface area (Å²) >= 11 is 0. The highest BCUT2D eigenvalue weighted by Gasteiger charge is 2.27. The molecule has 0 aromatic carbocycles. The van der Waals surface area contributed by atoms with E-state index in [0.29, 0.717) is 5.75 Å². The molecule has 5 nitrogen and oxygen atoms in total. The zero-order valence-electron chi connectivity index (χ0n) is 10.0. The highest BCUT2D eigenvalue weighted by Crippen LogP contribution is 2.26. The highest BCUT2D eigenvalue weighted by atomic mass is 32.2. The fourth-order valence-electron chi connectivity index (χ4n) is 2.33. The van der Waals surface area contributed by atoms with Gasteiger partial charge >= 0.3 is 0 Å². The van der Waals surface area contributed by atoms with E-state index in [1.165, 1.54) is 0 Å². The molecule has 1 aromatic heterocycles. The third-order valence-corrected chi connectivity index (χ3v) is 5.15. The fourth-order valence-corrected chi connectivity index (χ4v) is 4.02. The number of hydrogen-bond acceptors (Lipinski definition) is 4. The van der Waals surface area contributed by atoms with Gasteiger partial charge in [-0.1, -0.05) is 6.92 Å². The van der Waals surface area contributed by atoms with Gasteiger partial charge in [0.2, 0.25) is 0 Å². The quantitative estimate of drug-likeness (QED) is 0.877. The van der Waals surface area contributed by atoms with Gasteiger partial charge in [0, 0.05) is 18.3 Å². The fraction of sp³-hybridized carbons (Fsp3) is 0.727. The summed E-state index contributed by atoms with van der Waals surface area (Å²) < 4.78 is 25.2. The summed E-state index contributed by atoms with van der Waals surface area (Å²) in [6, 6.07) is -0.0639. The number of nitrogens with two attached hydrogens (primary N) is 1. The number of nitrogens with zero attached hydrogens (tertiary/aromatic N) is 2. The van der Waals surface area contributed by atoms with Crippen LogP contribution in [0.2, 0.25) is 0 Å². The van der Waals surface area contributed by atoms with E-state index in [1.807, 2.05) is 11.5 Å². The molecule has 1 saturated heterocycles. The summed E-state index contributed by atoms with van der Waals surface area (Å²) in [5.74, 6) is 0.528. The van der Waals surface area contributed by atoms with E-state index in [2.05, 4.69) is 4.98 Å². The lowest BCUT2D eigenvalue weighted by atomic mass is 10.1. The molecule has 96 valence electrons. The Morgan fingerprint density at radius 2 is 2.41 bits per heavy atom. The second-order valence-electron chi connectivity index (χ2n) is 4.65. The molecule has 0 saturated carbocycles. The van der Waals surface area contributed by atoms with E-state index >= 15 is 0 Å². The van der Waals surface area contributed by atoms with Crippen molar-refractivity contribution in [2.45, 2.75) is 38.3 Å². The first-order chi connectivity index (χ1) is 8.03. The minimum absolute atomic E-state index is 0.00356. The third-order valence-electron chi connectivity index (χ3n) is 3.35. The predicted molar refractivity (Wildman–Crippen MR) is 66.4 cm³/mol. The van der Waals surface area contributed by atoms with Crippen molar-refractivity contribution in [1.29, 1.82) is 0 Å². The topological polar surface area (TPSA) is 78.0 Å². The Labute approximate surface area is 102 Å². The van der Waals surface area contributed by atoms with Crippen LogP contribution in [0.5, 0.6) is 0 Å². The normalized spacial score (nSPS) is 25.6. The van der Waals surface area contributed by atoms with Crippen LogP contribution >= 0.6 is 0 Å². The van der Waals surface area contributed by atoms with Crippen molar-refractivity contribution in [3.8, 4) is 0 Å².